The summed E-state index contributed by atoms with van der Waals surface area (Å²) in [4.78, 5) is 25.8. The molecule has 1 heterocycles. The van der Waals surface area contributed by atoms with Gasteiger partial charge in [0.15, 0.2) is 5.58 Å². The third kappa shape index (κ3) is 3.74. The summed E-state index contributed by atoms with van der Waals surface area (Å²) in [6.07, 6.45) is 4.86. The predicted octanol–water partition coefficient (Wildman–Crippen LogP) is 4.01. The van der Waals surface area contributed by atoms with Crippen molar-refractivity contribution in [3.63, 3.8) is 0 Å². The molecule has 6 nitrogen and oxygen atoms in total. The van der Waals surface area contributed by atoms with Gasteiger partial charge in [0.2, 0.25) is 5.91 Å². The van der Waals surface area contributed by atoms with Crippen molar-refractivity contribution >= 4 is 17.0 Å². The SMILES string of the molecule is COc1ccc(C2(C(=O)N[C@@H](C)Cn3c(=O)oc4ccccc43)CCCCC2)cc1. The largest absolute Gasteiger partial charge is 0.497 e. The lowest BCUT2D eigenvalue weighted by Gasteiger charge is -2.37. The second kappa shape index (κ2) is 8.38. The van der Waals surface area contributed by atoms with Crippen molar-refractivity contribution in [3.8, 4) is 5.75 Å². The lowest BCUT2D eigenvalue weighted by molar-refractivity contribution is -0.128. The fourth-order valence-corrected chi connectivity index (χ4v) is 4.58. The Balaban J connectivity index is 1.56. The number of carbonyl (C=O) groups is 1. The standard InChI is InChI=1S/C24H28N2O4/c1-17(16-26-20-8-4-5-9-21(20)30-23(26)28)25-22(27)24(14-6-3-7-15-24)18-10-12-19(29-2)13-11-18/h4-5,8-13,17H,3,6-7,14-16H2,1-2H3,(H,25,27)/t17-/m0/s1. The number of hydrogen-bond donors (Lipinski definition) is 1. The Morgan fingerprint density at radius 3 is 2.53 bits per heavy atom. The monoisotopic (exact) mass is 408 g/mol. The number of nitrogens with zero attached hydrogens (tertiary/aromatic N) is 1. The third-order valence-electron chi connectivity index (χ3n) is 6.19. The van der Waals surface area contributed by atoms with E-state index in [4.69, 9.17) is 9.15 Å². The van der Waals surface area contributed by atoms with Crippen molar-refractivity contribution in [1.29, 1.82) is 0 Å². The summed E-state index contributed by atoms with van der Waals surface area (Å²) >= 11 is 0. The summed E-state index contributed by atoms with van der Waals surface area (Å²) < 4.78 is 12.2. The summed E-state index contributed by atoms with van der Waals surface area (Å²) in [6, 6.07) is 15.0. The van der Waals surface area contributed by atoms with Gasteiger partial charge in [-0.05, 0) is 49.6 Å². The lowest BCUT2D eigenvalue weighted by atomic mass is 9.68. The first-order valence-corrected chi connectivity index (χ1v) is 10.6. The number of oxazole rings is 1. The average molecular weight is 408 g/mol. The van der Waals surface area contributed by atoms with Crippen LogP contribution in [0.25, 0.3) is 11.1 Å². The van der Waals surface area contributed by atoms with Crippen LogP contribution >= 0.6 is 0 Å². The number of methoxy groups -OCH3 is 1. The number of para-hydroxylation sites is 2. The maximum Gasteiger partial charge on any atom is 0.420 e. The second-order valence-corrected chi connectivity index (χ2v) is 8.19. The van der Waals surface area contributed by atoms with Crippen LogP contribution in [-0.2, 0) is 16.8 Å². The van der Waals surface area contributed by atoms with Crippen LogP contribution in [0.1, 0.15) is 44.6 Å². The molecule has 1 atom stereocenters. The number of fused-ring (bicyclic) bond motifs is 1. The Kier molecular flexibility index (Phi) is 5.66. The van der Waals surface area contributed by atoms with Crippen molar-refractivity contribution in [2.45, 2.75) is 57.0 Å². The fourth-order valence-electron chi connectivity index (χ4n) is 4.58. The predicted molar refractivity (Wildman–Crippen MR) is 116 cm³/mol. The molecule has 1 aliphatic rings. The number of hydrogen-bond acceptors (Lipinski definition) is 4. The van der Waals surface area contributed by atoms with Crippen LogP contribution in [0.2, 0.25) is 0 Å². The molecule has 0 unspecified atom stereocenters. The van der Waals surface area contributed by atoms with E-state index < -0.39 is 11.2 Å². The van der Waals surface area contributed by atoms with Crippen molar-refractivity contribution < 1.29 is 13.9 Å². The van der Waals surface area contributed by atoms with Crippen LogP contribution in [0, 0.1) is 0 Å². The van der Waals surface area contributed by atoms with Crippen molar-refractivity contribution in [3.05, 3.63) is 64.6 Å². The highest BCUT2D eigenvalue weighted by atomic mass is 16.5. The van der Waals surface area contributed by atoms with Gasteiger partial charge in [-0.1, -0.05) is 43.5 Å². The van der Waals surface area contributed by atoms with E-state index in [-0.39, 0.29) is 11.9 Å². The molecule has 2 aromatic carbocycles. The Hall–Kier alpha value is -3.02. The molecule has 0 radical (unpaired) electrons. The van der Waals surface area contributed by atoms with E-state index >= 15 is 0 Å². The number of amides is 1. The zero-order valence-corrected chi connectivity index (χ0v) is 17.5. The third-order valence-corrected chi connectivity index (χ3v) is 6.19. The van der Waals surface area contributed by atoms with Gasteiger partial charge >= 0.3 is 5.76 Å². The number of carbonyl (C=O) groups excluding carboxylic acids is 1. The average Bonchev–Trinajstić information content (AvgIpc) is 3.09. The lowest BCUT2D eigenvalue weighted by Crippen LogP contribution is -2.49. The van der Waals surface area contributed by atoms with E-state index in [0.29, 0.717) is 12.1 Å². The first kappa shape index (κ1) is 20.3. The van der Waals surface area contributed by atoms with Crippen molar-refractivity contribution in [2.24, 2.45) is 0 Å². The first-order valence-electron chi connectivity index (χ1n) is 10.6. The molecule has 1 aromatic heterocycles. The van der Waals surface area contributed by atoms with E-state index in [0.717, 1.165) is 48.9 Å². The molecule has 1 fully saturated rings. The van der Waals surface area contributed by atoms with E-state index in [2.05, 4.69) is 5.32 Å². The molecular weight excluding hydrogens is 380 g/mol. The van der Waals surface area contributed by atoms with Gasteiger partial charge in [-0.15, -0.1) is 0 Å². The summed E-state index contributed by atoms with van der Waals surface area (Å²) in [5.41, 5.74) is 1.79. The number of nitrogens with one attached hydrogen (secondary N) is 1. The number of ether oxygens (including phenoxy) is 1. The Labute approximate surface area is 175 Å². The Bertz CT molecular complexity index is 1070. The van der Waals surface area contributed by atoms with Gasteiger partial charge in [0, 0.05) is 12.6 Å². The minimum Gasteiger partial charge on any atom is -0.497 e. The summed E-state index contributed by atoms with van der Waals surface area (Å²) in [7, 11) is 1.64. The van der Waals surface area contributed by atoms with Gasteiger partial charge in [0.05, 0.1) is 18.0 Å². The zero-order valence-electron chi connectivity index (χ0n) is 17.5. The molecular formula is C24H28N2O4. The zero-order chi connectivity index (χ0) is 21.1. The van der Waals surface area contributed by atoms with E-state index in [1.165, 1.54) is 0 Å². The van der Waals surface area contributed by atoms with E-state index in [1.807, 2.05) is 49.4 Å². The van der Waals surface area contributed by atoms with Crippen LogP contribution in [0.5, 0.6) is 5.75 Å². The molecule has 1 saturated carbocycles. The highest BCUT2D eigenvalue weighted by Crippen LogP contribution is 2.40. The van der Waals surface area contributed by atoms with Crippen molar-refractivity contribution in [1.82, 2.24) is 9.88 Å². The van der Waals surface area contributed by atoms with Crippen molar-refractivity contribution in [2.75, 3.05) is 7.11 Å². The van der Waals surface area contributed by atoms with Gasteiger partial charge in [-0.2, -0.15) is 0 Å². The minimum atomic E-state index is -0.539. The maximum atomic E-state index is 13.5. The summed E-state index contributed by atoms with van der Waals surface area (Å²) in [6.45, 7) is 2.29. The van der Waals surface area contributed by atoms with Crippen LogP contribution in [-0.4, -0.2) is 23.6 Å². The molecule has 1 amide bonds. The Morgan fingerprint density at radius 1 is 1.13 bits per heavy atom. The van der Waals surface area contributed by atoms with Gasteiger partial charge in [-0.3, -0.25) is 9.36 Å². The van der Waals surface area contributed by atoms with Gasteiger partial charge in [-0.25, -0.2) is 4.79 Å². The second-order valence-electron chi connectivity index (χ2n) is 8.19. The molecule has 6 heteroatoms. The van der Waals surface area contributed by atoms with E-state index in [1.54, 1.807) is 17.7 Å². The van der Waals surface area contributed by atoms with E-state index in [9.17, 15) is 9.59 Å². The molecule has 0 spiro atoms. The van der Waals surface area contributed by atoms with Crippen LogP contribution in [0.4, 0.5) is 0 Å². The topological polar surface area (TPSA) is 73.5 Å². The molecule has 3 aromatic rings. The highest BCUT2D eigenvalue weighted by molar-refractivity contribution is 5.88. The number of aromatic nitrogens is 1. The molecule has 158 valence electrons. The summed E-state index contributed by atoms with van der Waals surface area (Å²) in [5.74, 6) is 0.408. The quantitative estimate of drug-likeness (QED) is 0.669. The number of rotatable bonds is 6. The van der Waals surface area contributed by atoms with Gasteiger partial charge in [0.25, 0.3) is 0 Å². The van der Waals surface area contributed by atoms with Crippen LogP contribution in [0.3, 0.4) is 0 Å². The molecule has 1 aliphatic carbocycles. The molecule has 0 aliphatic heterocycles. The van der Waals surface area contributed by atoms with Gasteiger partial charge in [0.1, 0.15) is 5.75 Å². The molecule has 0 saturated heterocycles. The molecule has 30 heavy (non-hydrogen) atoms. The van der Waals surface area contributed by atoms with Crippen LogP contribution < -0.4 is 15.8 Å². The smallest absolute Gasteiger partial charge is 0.420 e. The maximum absolute atomic E-state index is 13.5. The summed E-state index contributed by atoms with van der Waals surface area (Å²) in [5, 5.41) is 3.18. The molecule has 1 N–H and O–H groups in total. The normalized spacial score (nSPS) is 16.9. The number of benzene rings is 2. The molecule has 0 bridgehead atoms. The fraction of sp³-hybridized carbons (Fsp3) is 0.417. The minimum absolute atomic E-state index is 0.0284. The van der Waals surface area contributed by atoms with Gasteiger partial charge < -0.3 is 14.5 Å². The Morgan fingerprint density at radius 2 is 1.83 bits per heavy atom. The highest BCUT2D eigenvalue weighted by Gasteiger charge is 2.41. The molecule has 4 rings (SSSR count). The first-order chi connectivity index (χ1) is 14.5. The van der Waals surface area contributed by atoms with Crippen LogP contribution in [0.15, 0.2) is 57.7 Å².